The van der Waals surface area contributed by atoms with Crippen molar-refractivity contribution < 1.29 is 17.9 Å². The van der Waals surface area contributed by atoms with Gasteiger partial charge in [-0.15, -0.1) is 0 Å². The summed E-state index contributed by atoms with van der Waals surface area (Å²) in [6.45, 7) is 3.53. The molecule has 1 aromatic rings. The van der Waals surface area contributed by atoms with E-state index in [4.69, 9.17) is 4.74 Å². The lowest BCUT2D eigenvalue weighted by Crippen LogP contribution is -2.44. The topological polar surface area (TPSA) is 66.9 Å². The summed E-state index contributed by atoms with van der Waals surface area (Å²) in [4.78, 5) is 14.4. The molecule has 1 atom stereocenters. The largest absolute Gasteiger partial charge is 0.481 e. The van der Waals surface area contributed by atoms with Crippen LogP contribution >= 0.6 is 0 Å². The molecule has 0 aliphatic carbocycles. The monoisotopic (exact) mass is 354 g/mol. The van der Waals surface area contributed by atoms with Crippen molar-refractivity contribution in [1.29, 1.82) is 0 Å². The van der Waals surface area contributed by atoms with E-state index in [9.17, 15) is 13.2 Å². The van der Waals surface area contributed by atoms with Crippen LogP contribution in [0.2, 0.25) is 0 Å². The molecular formula is C17H26N2O4S. The minimum Gasteiger partial charge on any atom is -0.481 e. The molecule has 1 saturated heterocycles. The zero-order valence-corrected chi connectivity index (χ0v) is 15.4. The molecule has 1 aromatic carbocycles. The molecular weight excluding hydrogens is 328 g/mol. The molecule has 0 saturated carbocycles. The second-order valence-corrected chi connectivity index (χ2v) is 8.14. The fourth-order valence-corrected chi connectivity index (χ4v) is 3.22. The van der Waals surface area contributed by atoms with Crippen molar-refractivity contribution >= 4 is 21.6 Å². The number of anilines is 1. The third-order valence-electron chi connectivity index (χ3n) is 4.29. The second kappa shape index (κ2) is 7.88. The lowest BCUT2D eigenvalue weighted by atomic mass is 10.1. The highest BCUT2D eigenvalue weighted by Gasteiger charge is 2.25. The van der Waals surface area contributed by atoms with Crippen LogP contribution in [0.25, 0.3) is 0 Å². The van der Waals surface area contributed by atoms with Crippen molar-refractivity contribution in [2.45, 2.75) is 38.7 Å². The molecule has 0 N–H and O–H groups in total. The van der Waals surface area contributed by atoms with Crippen molar-refractivity contribution in [3.8, 4) is 5.75 Å². The molecule has 1 amide bonds. The molecule has 24 heavy (non-hydrogen) atoms. The smallest absolute Gasteiger partial charge is 0.263 e. The van der Waals surface area contributed by atoms with E-state index in [1.807, 2.05) is 11.8 Å². The number of rotatable bonds is 6. The van der Waals surface area contributed by atoms with Crippen molar-refractivity contribution in [3.63, 3.8) is 0 Å². The first-order valence-corrected chi connectivity index (χ1v) is 10.2. The number of likely N-dealkylation sites (tertiary alicyclic amines) is 1. The van der Waals surface area contributed by atoms with Crippen LogP contribution in [0.15, 0.2) is 24.3 Å². The van der Waals surface area contributed by atoms with Crippen LogP contribution < -0.4 is 9.04 Å². The summed E-state index contributed by atoms with van der Waals surface area (Å²) >= 11 is 0. The highest BCUT2D eigenvalue weighted by atomic mass is 32.2. The quantitative estimate of drug-likeness (QED) is 0.786. The van der Waals surface area contributed by atoms with Crippen LogP contribution in [0.4, 0.5) is 5.69 Å². The fourth-order valence-electron chi connectivity index (χ4n) is 2.72. The standard InChI is InChI=1S/C17H26N2O4S/c1-4-16(17(20)19-12-6-5-7-13-19)23-15-10-8-14(9-11-15)18(2)24(3,21)22/h8-11,16H,4-7,12-13H2,1-3H3. The molecule has 134 valence electrons. The molecule has 2 rings (SSSR count). The lowest BCUT2D eigenvalue weighted by Gasteiger charge is -2.30. The maximum atomic E-state index is 12.6. The summed E-state index contributed by atoms with van der Waals surface area (Å²) in [6, 6.07) is 6.75. The molecule has 0 spiro atoms. The maximum absolute atomic E-state index is 12.6. The first kappa shape index (κ1) is 18.6. The van der Waals surface area contributed by atoms with Crippen LogP contribution in [-0.4, -0.2) is 51.7 Å². The van der Waals surface area contributed by atoms with Gasteiger partial charge in [-0.3, -0.25) is 9.10 Å². The van der Waals surface area contributed by atoms with Gasteiger partial charge < -0.3 is 9.64 Å². The predicted octanol–water partition coefficient (Wildman–Crippen LogP) is 2.25. The van der Waals surface area contributed by atoms with Gasteiger partial charge in [0.15, 0.2) is 6.10 Å². The summed E-state index contributed by atoms with van der Waals surface area (Å²) < 4.78 is 30.1. The number of nitrogens with zero attached hydrogens (tertiary/aromatic N) is 2. The Morgan fingerprint density at radius 1 is 1.21 bits per heavy atom. The molecule has 0 radical (unpaired) electrons. The summed E-state index contributed by atoms with van der Waals surface area (Å²) in [7, 11) is -1.79. The number of hydrogen-bond acceptors (Lipinski definition) is 4. The Bertz CT molecular complexity index is 652. The van der Waals surface area contributed by atoms with Crippen molar-refractivity contribution in [1.82, 2.24) is 4.90 Å². The number of hydrogen-bond donors (Lipinski definition) is 0. The number of piperidine rings is 1. The first-order chi connectivity index (χ1) is 11.3. The van der Waals surface area contributed by atoms with Crippen molar-refractivity contribution in [2.75, 3.05) is 30.7 Å². The third-order valence-corrected chi connectivity index (χ3v) is 5.50. The lowest BCUT2D eigenvalue weighted by molar-refractivity contribution is -0.139. The Hall–Kier alpha value is -1.76. The van der Waals surface area contributed by atoms with Gasteiger partial charge in [0.2, 0.25) is 10.0 Å². The maximum Gasteiger partial charge on any atom is 0.263 e. The average molecular weight is 354 g/mol. The average Bonchev–Trinajstić information content (AvgIpc) is 2.59. The molecule has 1 heterocycles. The molecule has 1 aliphatic heterocycles. The number of sulfonamides is 1. The van der Waals surface area contributed by atoms with E-state index in [2.05, 4.69) is 0 Å². The van der Waals surface area contributed by atoms with Crippen molar-refractivity contribution in [3.05, 3.63) is 24.3 Å². The van der Waals surface area contributed by atoms with Gasteiger partial charge in [-0.25, -0.2) is 8.42 Å². The second-order valence-electron chi connectivity index (χ2n) is 6.13. The van der Waals surface area contributed by atoms with Gasteiger partial charge in [-0.2, -0.15) is 0 Å². The Balaban J connectivity index is 2.04. The van der Waals surface area contributed by atoms with E-state index in [0.29, 0.717) is 17.9 Å². The molecule has 6 nitrogen and oxygen atoms in total. The Morgan fingerprint density at radius 2 is 1.79 bits per heavy atom. The van der Waals surface area contributed by atoms with Gasteiger partial charge in [-0.05, 0) is 49.9 Å². The van der Waals surface area contributed by atoms with Crippen molar-refractivity contribution in [2.24, 2.45) is 0 Å². The minimum atomic E-state index is -3.29. The zero-order valence-electron chi connectivity index (χ0n) is 14.6. The van der Waals surface area contributed by atoms with Gasteiger partial charge in [0.25, 0.3) is 5.91 Å². The summed E-state index contributed by atoms with van der Waals surface area (Å²) in [5.74, 6) is 0.604. The minimum absolute atomic E-state index is 0.0366. The van der Waals surface area contributed by atoms with Crippen LogP contribution in [-0.2, 0) is 14.8 Å². The van der Waals surface area contributed by atoms with Gasteiger partial charge in [0.05, 0.1) is 11.9 Å². The first-order valence-electron chi connectivity index (χ1n) is 8.32. The number of ether oxygens (including phenoxy) is 1. The molecule has 7 heteroatoms. The van der Waals surface area contributed by atoms with Crippen LogP contribution in [0.3, 0.4) is 0 Å². The molecule has 0 aromatic heterocycles. The van der Waals surface area contributed by atoms with Gasteiger partial charge in [-0.1, -0.05) is 6.92 Å². The molecule has 1 aliphatic rings. The van der Waals surface area contributed by atoms with E-state index in [1.165, 1.54) is 17.8 Å². The third kappa shape index (κ3) is 4.63. The van der Waals surface area contributed by atoms with Gasteiger partial charge >= 0.3 is 0 Å². The number of carbonyl (C=O) groups is 1. The summed E-state index contributed by atoms with van der Waals surface area (Å²) in [5.41, 5.74) is 0.556. The molecule has 1 unspecified atom stereocenters. The number of carbonyl (C=O) groups excluding carboxylic acids is 1. The van der Waals surface area contributed by atoms with E-state index in [0.717, 1.165) is 32.2 Å². The highest BCUT2D eigenvalue weighted by Crippen LogP contribution is 2.22. The fraction of sp³-hybridized carbons (Fsp3) is 0.588. The highest BCUT2D eigenvalue weighted by molar-refractivity contribution is 7.92. The van der Waals surface area contributed by atoms with E-state index in [1.54, 1.807) is 24.3 Å². The van der Waals surface area contributed by atoms with Gasteiger partial charge in [0.1, 0.15) is 5.75 Å². The Labute approximate surface area is 144 Å². The molecule has 1 fully saturated rings. The number of amides is 1. The SMILES string of the molecule is CCC(Oc1ccc(N(C)S(C)(=O)=O)cc1)C(=O)N1CCCCC1. The Kier molecular flexibility index (Phi) is 6.10. The predicted molar refractivity (Wildman–Crippen MR) is 94.8 cm³/mol. The van der Waals surface area contributed by atoms with Crippen LogP contribution in [0.5, 0.6) is 5.75 Å². The van der Waals surface area contributed by atoms with Crippen LogP contribution in [0, 0.1) is 0 Å². The van der Waals surface area contributed by atoms with Gasteiger partial charge in [0, 0.05) is 20.1 Å². The number of benzene rings is 1. The zero-order chi connectivity index (χ0) is 17.7. The normalized spacial score (nSPS) is 16.5. The molecule has 0 bridgehead atoms. The van der Waals surface area contributed by atoms with E-state index in [-0.39, 0.29) is 5.91 Å². The van der Waals surface area contributed by atoms with E-state index >= 15 is 0 Å². The van der Waals surface area contributed by atoms with E-state index < -0.39 is 16.1 Å². The Morgan fingerprint density at radius 3 is 2.29 bits per heavy atom. The summed E-state index contributed by atoms with van der Waals surface area (Å²) in [6.07, 6.45) is 4.53. The van der Waals surface area contributed by atoms with Crippen LogP contribution in [0.1, 0.15) is 32.6 Å². The summed E-state index contributed by atoms with van der Waals surface area (Å²) in [5, 5.41) is 0.